The molecule has 0 aliphatic heterocycles. The lowest BCUT2D eigenvalue weighted by Gasteiger charge is -2.02. The molecule has 0 aliphatic carbocycles. The molecule has 0 radical (unpaired) electrons. The lowest BCUT2D eigenvalue weighted by Crippen LogP contribution is -2.10. The number of hydrogen-bond donors (Lipinski definition) is 1. The van der Waals surface area contributed by atoms with Crippen molar-refractivity contribution < 1.29 is 4.42 Å². The molecule has 1 aromatic heterocycles. The maximum atomic E-state index is 5.59. The van der Waals surface area contributed by atoms with Crippen LogP contribution in [0, 0.1) is 6.92 Å². The summed E-state index contributed by atoms with van der Waals surface area (Å²) >= 11 is 3.48. The summed E-state index contributed by atoms with van der Waals surface area (Å²) < 4.78 is 6.64. The minimum Gasteiger partial charge on any atom is -0.441 e. The maximum Gasteiger partial charge on any atom is 0.192 e. The third-order valence-electron chi connectivity index (χ3n) is 2.28. The van der Waals surface area contributed by atoms with Gasteiger partial charge in [0.1, 0.15) is 5.52 Å². The van der Waals surface area contributed by atoms with Crippen molar-refractivity contribution in [3.05, 3.63) is 28.1 Å². The highest BCUT2D eigenvalue weighted by Crippen LogP contribution is 2.25. The first-order valence-electron chi connectivity index (χ1n) is 4.91. The lowest BCUT2D eigenvalue weighted by molar-refractivity contribution is 0.557. The molecule has 1 heterocycles. The van der Waals surface area contributed by atoms with Crippen LogP contribution in [0.4, 0.5) is 0 Å². The van der Waals surface area contributed by atoms with Crippen LogP contribution in [0.5, 0.6) is 0 Å². The minimum atomic E-state index is 0.716. The molecule has 0 bridgehead atoms. The first-order chi connectivity index (χ1) is 7.20. The van der Waals surface area contributed by atoms with Gasteiger partial charge in [-0.1, -0.05) is 15.9 Å². The summed E-state index contributed by atoms with van der Waals surface area (Å²) in [6.45, 7) is 2.81. The van der Waals surface area contributed by atoms with Crippen LogP contribution >= 0.6 is 15.9 Å². The number of rotatable bonds is 3. The number of nitrogens with zero attached hydrogens (tertiary/aromatic N) is 1. The van der Waals surface area contributed by atoms with Crippen LogP contribution in [-0.2, 0) is 6.42 Å². The maximum absolute atomic E-state index is 5.59. The van der Waals surface area contributed by atoms with E-state index < -0.39 is 0 Å². The van der Waals surface area contributed by atoms with E-state index in [4.69, 9.17) is 4.42 Å². The molecule has 0 saturated heterocycles. The first kappa shape index (κ1) is 10.6. The number of benzene rings is 1. The van der Waals surface area contributed by atoms with Crippen molar-refractivity contribution in [2.75, 3.05) is 13.6 Å². The summed E-state index contributed by atoms with van der Waals surface area (Å²) in [7, 11) is 1.95. The molecule has 1 N–H and O–H groups in total. The molecule has 0 atom stereocenters. The second-order valence-electron chi connectivity index (χ2n) is 3.50. The van der Waals surface area contributed by atoms with Gasteiger partial charge in [-0.15, -0.1) is 0 Å². The molecule has 0 aliphatic rings. The highest BCUT2D eigenvalue weighted by atomic mass is 79.9. The van der Waals surface area contributed by atoms with Crippen LogP contribution < -0.4 is 5.32 Å². The Balaban J connectivity index is 2.50. The predicted molar refractivity (Wildman–Crippen MR) is 64.1 cm³/mol. The zero-order valence-electron chi connectivity index (χ0n) is 8.80. The number of oxazole rings is 1. The molecule has 3 nitrogen and oxygen atoms in total. The fourth-order valence-electron chi connectivity index (χ4n) is 1.62. The van der Waals surface area contributed by atoms with Crippen molar-refractivity contribution in [3.8, 4) is 0 Å². The van der Waals surface area contributed by atoms with E-state index in [9.17, 15) is 0 Å². The fraction of sp³-hybridized carbons (Fsp3) is 0.364. The standard InChI is InChI=1S/C11H13BrN2O/c1-7-14-10-6-9(12)5-8(3-4-13-2)11(10)15-7/h5-6,13H,3-4H2,1-2H3. The third kappa shape index (κ3) is 2.21. The lowest BCUT2D eigenvalue weighted by atomic mass is 10.1. The predicted octanol–water partition coefficient (Wildman–Crippen LogP) is 2.66. The monoisotopic (exact) mass is 268 g/mol. The van der Waals surface area contributed by atoms with E-state index >= 15 is 0 Å². The van der Waals surface area contributed by atoms with Crippen LogP contribution in [0.25, 0.3) is 11.1 Å². The van der Waals surface area contributed by atoms with Gasteiger partial charge in [-0.25, -0.2) is 4.98 Å². The Hall–Kier alpha value is -0.870. The Morgan fingerprint density at radius 3 is 3.00 bits per heavy atom. The quantitative estimate of drug-likeness (QED) is 0.930. The van der Waals surface area contributed by atoms with Crippen LogP contribution in [0.1, 0.15) is 11.5 Å². The minimum absolute atomic E-state index is 0.716. The molecule has 15 heavy (non-hydrogen) atoms. The van der Waals surface area contributed by atoms with Crippen molar-refractivity contribution in [2.24, 2.45) is 0 Å². The van der Waals surface area contributed by atoms with Gasteiger partial charge in [0.15, 0.2) is 11.5 Å². The molecular weight excluding hydrogens is 256 g/mol. The van der Waals surface area contributed by atoms with Gasteiger partial charge in [-0.2, -0.15) is 0 Å². The first-order valence-corrected chi connectivity index (χ1v) is 5.70. The summed E-state index contributed by atoms with van der Waals surface area (Å²) in [5.74, 6) is 0.716. The number of nitrogens with one attached hydrogen (secondary N) is 1. The molecule has 1 aromatic carbocycles. The number of fused-ring (bicyclic) bond motifs is 1. The molecule has 0 spiro atoms. The van der Waals surface area contributed by atoms with Gasteiger partial charge in [0.2, 0.25) is 0 Å². The average molecular weight is 269 g/mol. The number of likely N-dealkylation sites (N-methyl/N-ethyl adjacent to an activating group) is 1. The van der Waals surface area contributed by atoms with Gasteiger partial charge in [0, 0.05) is 11.4 Å². The second kappa shape index (κ2) is 4.33. The number of hydrogen-bond acceptors (Lipinski definition) is 3. The molecule has 80 valence electrons. The topological polar surface area (TPSA) is 38.1 Å². The van der Waals surface area contributed by atoms with Crippen LogP contribution in [0.15, 0.2) is 21.0 Å². The van der Waals surface area contributed by atoms with Crippen molar-refractivity contribution >= 4 is 27.0 Å². The van der Waals surface area contributed by atoms with Crippen molar-refractivity contribution in [1.82, 2.24) is 10.3 Å². The molecule has 0 saturated carbocycles. The fourth-order valence-corrected chi connectivity index (χ4v) is 2.11. The Labute approximate surface area is 97.0 Å². The van der Waals surface area contributed by atoms with E-state index in [1.807, 2.05) is 20.0 Å². The Morgan fingerprint density at radius 2 is 2.27 bits per heavy atom. The molecule has 2 aromatic rings. The van der Waals surface area contributed by atoms with Gasteiger partial charge in [-0.05, 0) is 37.7 Å². The largest absolute Gasteiger partial charge is 0.441 e. The normalized spacial score (nSPS) is 11.1. The molecule has 0 unspecified atom stereocenters. The molecule has 4 heteroatoms. The number of aryl methyl sites for hydroxylation is 1. The Kier molecular flexibility index (Phi) is 3.07. The summed E-state index contributed by atoms with van der Waals surface area (Å²) in [4.78, 5) is 4.33. The molecule has 0 amide bonds. The average Bonchev–Trinajstić information content (AvgIpc) is 2.54. The van der Waals surface area contributed by atoms with Crippen LogP contribution in [0.3, 0.4) is 0 Å². The van der Waals surface area contributed by atoms with Crippen LogP contribution in [-0.4, -0.2) is 18.6 Å². The third-order valence-corrected chi connectivity index (χ3v) is 2.74. The highest BCUT2D eigenvalue weighted by Gasteiger charge is 2.08. The van der Waals surface area contributed by atoms with Gasteiger partial charge >= 0.3 is 0 Å². The van der Waals surface area contributed by atoms with E-state index in [0.29, 0.717) is 5.89 Å². The van der Waals surface area contributed by atoms with Crippen molar-refractivity contribution in [1.29, 1.82) is 0 Å². The smallest absolute Gasteiger partial charge is 0.192 e. The SMILES string of the molecule is CNCCc1cc(Br)cc2nc(C)oc12. The van der Waals surface area contributed by atoms with Crippen molar-refractivity contribution in [2.45, 2.75) is 13.3 Å². The summed E-state index contributed by atoms with van der Waals surface area (Å²) in [5, 5.41) is 3.13. The zero-order valence-corrected chi connectivity index (χ0v) is 10.4. The zero-order chi connectivity index (χ0) is 10.8. The molecular formula is C11H13BrN2O. The van der Waals surface area contributed by atoms with E-state index in [2.05, 4.69) is 32.3 Å². The van der Waals surface area contributed by atoms with E-state index in [-0.39, 0.29) is 0 Å². The second-order valence-corrected chi connectivity index (χ2v) is 4.42. The van der Waals surface area contributed by atoms with E-state index in [0.717, 1.165) is 28.5 Å². The number of halogens is 1. The van der Waals surface area contributed by atoms with Gasteiger partial charge in [0.25, 0.3) is 0 Å². The Morgan fingerprint density at radius 1 is 1.47 bits per heavy atom. The van der Waals surface area contributed by atoms with Gasteiger partial charge in [0.05, 0.1) is 0 Å². The van der Waals surface area contributed by atoms with E-state index in [1.54, 1.807) is 0 Å². The summed E-state index contributed by atoms with van der Waals surface area (Å²) in [6, 6.07) is 4.07. The van der Waals surface area contributed by atoms with E-state index in [1.165, 1.54) is 5.56 Å². The van der Waals surface area contributed by atoms with Gasteiger partial charge in [-0.3, -0.25) is 0 Å². The molecule has 2 rings (SSSR count). The van der Waals surface area contributed by atoms with Gasteiger partial charge < -0.3 is 9.73 Å². The summed E-state index contributed by atoms with van der Waals surface area (Å²) in [6.07, 6.45) is 0.946. The van der Waals surface area contributed by atoms with Crippen LogP contribution in [0.2, 0.25) is 0 Å². The molecule has 0 fully saturated rings. The highest BCUT2D eigenvalue weighted by molar-refractivity contribution is 9.10. The number of aromatic nitrogens is 1. The summed E-state index contributed by atoms with van der Waals surface area (Å²) in [5.41, 5.74) is 3.02. The van der Waals surface area contributed by atoms with Crippen molar-refractivity contribution in [3.63, 3.8) is 0 Å². The Bertz CT molecular complexity index is 479.